The molecule has 1 heterocycles. The molecule has 4 heteroatoms. The van der Waals surface area contributed by atoms with Gasteiger partial charge in [0.25, 0.3) is 0 Å². The number of carbonyl (C=O) groups excluding carboxylic acids is 1. The van der Waals surface area contributed by atoms with Crippen molar-refractivity contribution in [1.29, 1.82) is 0 Å². The van der Waals surface area contributed by atoms with Gasteiger partial charge in [-0.3, -0.25) is 9.69 Å². The Kier molecular flexibility index (Phi) is 4.18. The molecule has 0 aromatic carbocycles. The number of amides is 1. The second kappa shape index (κ2) is 5.64. The summed E-state index contributed by atoms with van der Waals surface area (Å²) >= 11 is 0. The van der Waals surface area contributed by atoms with Gasteiger partial charge in [-0.25, -0.2) is 0 Å². The van der Waals surface area contributed by atoms with Gasteiger partial charge in [0.15, 0.2) is 0 Å². The van der Waals surface area contributed by atoms with Crippen molar-refractivity contribution in [1.82, 2.24) is 9.80 Å². The maximum absolute atomic E-state index is 12.0. The summed E-state index contributed by atoms with van der Waals surface area (Å²) in [6, 6.07) is 0.529. The highest BCUT2D eigenvalue weighted by Crippen LogP contribution is 2.23. The SMILES string of the molecule is NCCN1CCN(C2CCCCC2)C(=O)C1. The van der Waals surface area contributed by atoms with Crippen LogP contribution in [-0.2, 0) is 4.79 Å². The maximum Gasteiger partial charge on any atom is 0.237 e. The highest BCUT2D eigenvalue weighted by molar-refractivity contribution is 5.79. The Labute approximate surface area is 97.8 Å². The van der Waals surface area contributed by atoms with Gasteiger partial charge in [-0.1, -0.05) is 19.3 Å². The quantitative estimate of drug-likeness (QED) is 0.757. The van der Waals surface area contributed by atoms with Crippen molar-refractivity contribution in [2.75, 3.05) is 32.7 Å². The lowest BCUT2D eigenvalue weighted by Crippen LogP contribution is -2.55. The van der Waals surface area contributed by atoms with E-state index in [2.05, 4.69) is 9.80 Å². The Morgan fingerprint density at radius 1 is 1.19 bits per heavy atom. The molecule has 0 aromatic rings. The zero-order chi connectivity index (χ0) is 11.4. The van der Waals surface area contributed by atoms with Crippen LogP contribution in [0, 0.1) is 0 Å². The molecule has 0 unspecified atom stereocenters. The van der Waals surface area contributed by atoms with Gasteiger partial charge in [0.2, 0.25) is 5.91 Å². The lowest BCUT2D eigenvalue weighted by atomic mass is 9.93. The van der Waals surface area contributed by atoms with Crippen LogP contribution in [0.4, 0.5) is 0 Å². The molecule has 1 saturated heterocycles. The van der Waals surface area contributed by atoms with Crippen LogP contribution >= 0.6 is 0 Å². The van der Waals surface area contributed by atoms with Crippen LogP contribution < -0.4 is 5.73 Å². The highest BCUT2D eigenvalue weighted by Gasteiger charge is 2.29. The second-order valence-corrected chi connectivity index (χ2v) is 4.94. The summed E-state index contributed by atoms with van der Waals surface area (Å²) in [6.07, 6.45) is 6.35. The van der Waals surface area contributed by atoms with E-state index in [4.69, 9.17) is 5.73 Å². The van der Waals surface area contributed by atoms with E-state index in [9.17, 15) is 4.79 Å². The van der Waals surface area contributed by atoms with E-state index in [1.165, 1.54) is 32.1 Å². The Hall–Kier alpha value is -0.610. The molecule has 0 spiro atoms. The molecule has 2 rings (SSSR count). The topological polar surface area (TPSA) is 49.6 Å². The van der Waals surface area contributed by atoms with Crippen molar-refractivity contribution >= 4 is 5.91 Å². The Morgan fingerprint density at radius 3 is 2.56 bits per heavy atom. The first-order chi connectivity index (χ1) is 7.81. The van der Waals surface area contributed by atoms with E-state index in [0.29, 0.717) is 25.0 Å². The predicted octanol–water partition coefficient (Wildman–Crippen LogP) is 0.422. The third-order valence-electron chi connectivity index (χ3n) is 3.80. The Balaban J connectivity index is 1.85. The zero-order valence-electron chi connectivity index (χ0n) is 10.0. The summed E-state index contributed by atoms with van der Waals surface area (Å²) in [5, 5.41) is 0. The molecule has 0 radical (unpaired) electrons. The number of nitrogens with two attached hydrogens (primary N) is 1. The molecule has 1 aliphatic heterocycles. The molecule has 0 aromatic heterocycles. The first kappa shape index (κ1) is 11.9. The fraction of sp³-hybridized carbons (Fsp3) is 0.917. The van der Waals surface area contributed by atoms with Crippen LogP contribution in [-0.4, -0.2) is 54.5 Å². The molecular formula is C12H23N3O. The van der Waals surface area contributed by atoms with Gasteiger partial charge in [0.05, 0.1) is 6.54 Å². The van der Waals surface area contributed by atoms with E-state index in [1.807, 2.05) is 0 Å². The molecular weight excluding hydrogens is 202 g/mol. The lowest BCUT2D eigenvalue weighted by Gasteiger charge is -2.40. The molecule has 92 valence electrons. The van der Waals surface area contributed by atoms with Crippen LogP contribution in [0.5, 0.6) is 0 Å². The van der Waals surface area contributed by atoms with E-state index in [1.54, 1.807) is 0 Å². The van der Waals surface area contributed by atoms with Gasteiger partial charge < -0.3 is 10.6 Å². The van der Waals surface area contributed by atoms with Crippen LogP contribution in [0.25, 0.3) is 0 Å². The summed E-state index contributed by atoms with van der Waals surface area (Å²) < 4.78 is 0. The average Bonchev–Trinajstić information content (AvgIpc) is 2.31. The first-order valence-corrected chi connectivity index (χ1v) is 6.53. The highest BCUT2D eigenvalue weighted by atomic mass is 16.2. The van der Waals surface area contributed by atoms with E-state index >= 15 is 0 Å². The van der Waals surface area contributed by atoms with Gasteiger partial charge >= 0.3 is 0 Å². The Bertz CT molecular complexity index is 238. The number of nitrogens with zero attached hydrogens (tertiary/aromatic N) is 2. The number of hydrogen-bond donors (Lipinski definition) is 1. The van der Waals surface area contributed by atoms with Crippen LogP contribution in [0.3, 0.4) is 0 Å². The lowest BCUT2D eigenvalue weighted by molar-refractivity contribution is -0.139. The van der Waals surface area contributed by atoms with Crippen LogP contribution in [0.2, 0.25) is 0 Å². The Morgan fingerprint density at radius 2 is 1.94 bits per heavy atom. The minimum absolute atomic E-state index is 0.312. The molecule has 1 aliphatic carbocycles. The number of piperazine rings is 1. The molecule has 2 N–H and O–H groups in total. The van der Waals surface area contributed by atoms with Crippen molar-refractivity contribution < 1.29 is 4.79 Å². The summed E-state index contributed by atoms with van der Waals surface area (Å²) in [4.78, 5) is 16.3. The molecule has 4 nitrogen and oxygen atoms in total. The number of hydrogen-bond acceptors (Lipinski definition) is 3. The third-order valence-corrected chi connectivity index (χ3v) is 3.80. The van der Waals surface area contributed by atoms with Crippen LogP contribution in [0.15, 0.2) is 0 Å². The molecule has 1 saturated carbocycles. The molecule has 2 fully saturated rings. The van der Waals surface area contributed by atoms with Gasteiger partial charge in [-0.2, -0.15) is 0 Å². The van der Waals surface area contributed by atoms with Crippen molar-refractivity contribution in [3.05, 3.63) is 0 Å². The fourth-order valence-electron chi connectivity index (χ4n) is 2.89. The fourth-order valence-corrected chi connectivity index (χ4v) is 2.89. The first-order valence-electron chi connectivity index (χ1n) is 6.53. The van der Waals surface area contributed by atoms with Crippen LogP contribution in [0.1, 0.15) is 32.1 Å². The molecule has 2 aliphatic rings. The normalized spacial score (nSPS) is 25.1. The summed E-state index contributed by atoms with van der Waals surface area (Å²) in [6.45, 7) is 3.98. The number of carbonyl (C=O) groups is 1. The number of rotatable bonds is 3. The van der Waals surface area contributed by atoms with Crippen molar-refractivity contribution in [3.8, 4) is 0 Å². The monoisotopic (exact) mass is 225 g/mol. The van der Waals surface area contributed by atoms with E-state index in [0.717, 1.165) is 19.6 Å². The van der Waals surface area contributed by atoms with Gasteiger partial charge in [-0.05, 0) is 12.8 Å². The minimum Gasteiger partial charge on any atom is -0.337 e. The average molecular weight is 225 g/mol. The van der Waals surface area contributed by atoms with Crippen molar-refractivity contribution in [2.24, 2.45) is 5.73 Å². The largest absolute Gasteiger partial charge is 0.337 e. The molecule has 16 heavy (non-hydrogen) atoms. The predicted molar refractivity (Wildman–Crippen MR) is 64.1 cm³/mol. The maximum atomic E-state index is 12.0. The smallest absolute Gasteiger partial charge is 0.237 e. The summed E-state index contributed by atoms with van der Waals surface area (Å²) in [5.74, 6) is 0.312. The standard InChI is InChI=1S/C12H23N3O/c13-6-7-14-8-9-15(12(16)10-14)11-4-2-1-3-5-11/h11H,1-10,13H2. The molecule has 1 amide bonds. The van der Waals surface area contributed by atoms with E-state index < -0.39 is 0 Å². The van der Waals surface area contributed by atoms with Gasteiger partial charge in [-0.15, -0.1) is 0 Å². The molecule has 0 bridgehead atoms. The van der Waals surface area contributed by atoms with Gasteiger partial charge in [0, 0.05) is 32.2 Å². The molecule has 0 atom stereocenters. The second-order valence-electron chi connectivity index (χ2n) is 4.94. The zero-order valence-corrected chi connectivity index (χ0v) is 10.0. The van der Waals surface area contributed by atoms with Crippen molar-refractivity contribution in [3.63, 3.8) is 0 Å². The van der Waals surface area contributed by atoms with E-state index in [-0.39, 0.29) is 0 Å². The van der Waals surface area contributed by atoms with Crippen molar-refractivity contribution in [2.45, 2.75) is 38.1 Å². The van der Waals surface area contributed by atoms with Gasteiger partial charge in [0.1, 0.15) is 0 Å². The minimum atomic E-state index is 0.312. The third kappa shape index (κ3) is 2.74. The summed E-state index contributed by atoms with van der Waals surface area (Å²) in [7, 11) is 0. The summed E-state index contributed by atoms with van der Waals surface area (Å²) in [5.41, 5.74) is 5.52.